The Kier molecular flexibility index (Phi) is 1.73. The zero-order chi connectivity index (χ0) is 10.5. The van der Waals surface area contributed by atoms with E-state index in [1.165, 1.54) is 31.4 Å². The predicted molar refractivity (Wildman–Crippen MR) is 57.9 cm³/mol. The van der Waals surface area contributed by atoms with Crippen molar-refractivity contribution in [3.63, 3.8) is 0 Å². The monoisotopic (exact) mass is 204 g/mol. The van der Waals surface area contributed by atoms with Crippen LogP contribution in [0.15, 0.2) is 12.3 Å². The van der Waals surface area contributed by atoms with Crippen LogP contribution >= 0.6 is 0 Å². The lowest BCUT2D eigenvalue weighted by Gasteiger charge is -2.38. The lowest BCUT2D eigenvalue weighted by Crippen LogP contribution is -2.46. The number of aromatic nitrogens is 1. The summed E-state index contributed by atoms with van der Waals surface area (Å²) in [5.74, 6) is 0.170. The van der Waals surface area contributed by atoms with Gasteiger partial charge in [0, 0.05) is 30.9 Å². The van der Waals surface area contributed by atoms with Crippen LogP contribution in [0.2, 0.25) is 0 Å². The van der Waals surface area contributed by atoms with Crippen molar-refractivity contribution in [1.29, 1.82) is 0 Å². The van der Waals surface area contributed by atoms with Gasteiger partial charge in [0.05, 0.1) is 5.56 Å². The molecule has 1 aliphatic heterocycles. The second-order valence-electron chi connectivity index (χ2n) is 4.91. The zero-order valence-electron chi connectivity index (χ0n) is 9.05. The molecule has 2 aliphatic rings. The summed E-state index contributed by atoms with van der Waals surface area (Å²) in [4.78, 5) is 17.1. The standard InChI is InChI=1S/C12H16N2O/c1-14-8-12(5-2-3-6-12)10-9(11(14)15)4-7-13-10/h4,7,13H,2-3,5-6,8H2,1H3. The Morgan fingerprint density at radius 3 is 2.87 bits per heavy atom. The number of carbonyl (C=O) groups is 1. The molecule has 1 aromatic heterocycles. The first-order chi connectivity index (χ1) is 7.23. The molecule has 15 heavy (non-hydrogen) atoms. The summed E-state index contributed by atoms with van der Waals surface area (Å²) in [6.07, 6.45) is 6.93. The van der Waals surface area contributed by atoms with Crippen molar-refractivity contribution < 1.29 is 4.79 Å². The molecule has 0 aromatic carbocycles. The number of rotatable bonds is 0. The maximum absolute atomic E-state index is 11.9. The van der Waals surface area contributed by atoms with E-state index >= 15 is 0 Å². The molecule has 1 spiro atoms. The minimum absolute atomic E-state index is 0.170. The number of carbonyl (C=O) groups excluding carboxylic acids is 1. The molecule has 3 heteroatoms. The Balaban J connectivity index is 2.14. The Labute approximate surface area is 89.5 Å². The first-order valence-electron chi connectivity index (χ1n) is 5.66. The molecule has 1 saturated carbocycles. The minimum atomic E-state index is 0.170. The summed E-state index contributed by atoms with van der Waals surface area (Å²) in [5, 5.41) is 0. The molecule has 1 aromatic rings. The Morgan fingerprint density at radius 2 is 2.13 bits per heavy atom. The van der Waals surface area contributed by atoms with E-state index in [4.69, 9.17) is 0 Å². The van der Waals surface area contributed by atoms with Crippen LogP contribution in [-0.4, -0.2) is 29.4 Å². The number of nitrogens with zero attached hydrogens (tertiary/aromatic N) is 1. The number of aromatic amines is 1. The summed E-state index contributed by atoms with van der Waals surface area (Å²) >= 11 is 0. The van der Waals surface area contributed by atoms with Gasteiger partial charge in [0.1, 0.15) is 0 Å². The summed E-state index contributed by atoms with van der Waals surface area (Å²) in [6.45, 7) is 0.888. The number of nitrogens with one attached hydrogen (secondary N) is 1. The quantitative estimate of drug-likeness (QED) is 0.688. The van der Waals surface area contributed by atoms with Crippen LogP contribution in [0.4, 0.5) is 0 Å². The molecular formula is C12H16N2O. The molecule has 1 amide bonds. The van der Waals surface area contributed by atoms with Gasteiger partial charge in [0.25, 0.3) is 5.91 Å². The molecule has 0 radical (unpaired) electrons. The molecule has 3 nitrogen and oxygen atoms in total. The van der Waals surface area contributed by atoms with E-state index in [0.29, 0.717) is 0 Å². The van der Waals surface area contributed by atoms with Crippen molar-refractivity contribution in [2.45, 2.75) is 31.1 Å². The van der Waals surface area contributed by atoms with Gasteiger partial charge in [-0.25, -0.2) is 0 Å². The molecule has 1 N–H and O–H groups in total. The van der Waals surface area contributed by atoms with E-state index in [1.54, 1.807) is 0 Å². The van der Waals surface area contributed by atoms with Gasteiger partial charge in [-0.15, -0.1) is 0 Å². The van der Waals surface area contributed by atoms with E-state index in [0.717, 1.165) is 12.1 Å². The first-order valence-corrected chi connectivity index (χ1v) is 5.66. The Bertz CT molecular complexity index is 402. The van der Waals surface area contributed by atoms with E-state index in [-0.39, 0.29) is 11.3 Å². The van der Waals surface area contributed by atoms with E-state index < -0.39 is 0 Å². The van der Waals surface area contributed by atoms with Gasteiger partial charge >= 0.3 is 0 Å². The highest BCUT2D eigenvalue weighted by molar-refractivity contribution is 5.97. The van der Waals surface area contributed by atoms with Crippen LogP contribution in [0.1, 0.15) is 41.7 Å². The van der Waals surface area contributed by atoms with Crippen LogP contribution in [0, 0.1) is 0 Å². The number of fused-ring (bicyclic) bond motifs is 2. The van der Waals surface area contributed by atoms with Gasteiger partial charge in [0.15, 0.2) is 0 Å². The molecule has 3 rings (SSSR count). The minimum Gasteiger partial charge on any atom is -0.364 e. The maximum atomic E-state index is 11.9. The van der Waals surface area contributed by atoms with Gasteiger partial charge in [-0.05, 0) is 18.9 Å². The average molecular weight is 204 g/mol. The van der Waals surface area contributed by atoms with Crippen molar-refractivity contribution in [2.24, 2.45) is 0 Å². The normalized spacial score (nSPS) is 23.5. The van der Waals surface area contributed by atoms with Crippen molar-refractivity contribution in [3.8, 4) is 0 Å². The largest absolute Gasteiger partial charge is 0.364 e. The van der Waals surface area contributed by atoms with Crippen LogP contribution in [0.5, 0.6) is 0 Å². The van der Waals surface area contributed by atoms with Gasteiger partial charge in [0.2, 0.25) is 0 Å². The van der Waals surface area contributed by atoms with Crippen LogP contribution in [0.3, 0.4) is 0 Å². The van der Waals surface area contributed by atoms with Crippen LogP contribution in [0.25, 0.3) is 0 Å². The van der Waals surface area contributed by atoms with Crippen molar-refractivity contribution in [1.82, 2.24) is 9.88 Å². The average Bonchev–Trinajstić information content (AvgIpc) is 2.82. The molecular weight excluding hydrogens is 188 g/mol. The van der Waals surface area contributed by atoms with Crippen molar-refractivity contribution in [2.75, 3.05) is 13.6 Å². The highest BCUT2D eigenvalue weighted by atomic mass is 16.2. The predicted octanol–water partition coefficient (Wildman–Crippen LogP) is 1.91. The number of hydrogen-bond donors (Lipinski definition) is 1. The van der Waals surface area contributed by atoms with Crippen molar-refractivity contribution in [3.05, 3.63) is 23.5 Å². The first kappa shape index (κ1) is 9.01. The highest BCUT2D eigenvalue weighted by Crippen LogP contribution is 2.44. The SMILES string of the molecule is CN1CC2(CCCC2)c2[nH]ccc2C1=O. The summed E-state index contributed by atoms with van der Waals surface area (Å²) in [7, 11) is 1.92. The van der Waals surface area contributed by atoms with Crippen LogP contribution < -0.4 is 0 Å². The van der Waals surface area contributed by atoms with Crippen molar-refractivity contribution >= 4 is 5.91 Å². The third-order valence-corrected chi connectivity index (χ3v) is 3.95. The lowest BCUT2D eigenvalue weighted by atomic mass is 9.78. The fraction of sp³-hybridized carbons (Fsp3) is 0.583. The number of likely N-dealkylation sites (N-methyl/N-ethyl adjacent to an activating group) is 1. The molecule has 0 bridgehead atoms. The van der Waals surface area contributed by atoms with Gasteiger partial charge in [-0.2, -0.15) is 0 Å². The number of hydrogen-bond acceptors (Lipinski definition) is 1. The molecule has 2 heterocycles. The van der Waals surface area contributed by atoms with Crippen LogP contribution in [-0.2, 0) is 5.41 Å². The zero-order valence-corrected chi connectivity index (χ0v) is 9.05. The second-order valence-corrected chi connectivity index (χ2v) is 4.91. The third kappa shape index (κ3) is 1.09. The third-order valence-electron chi connectivity index (χ3n) is 3.95. The topological polar surface area (TPSA) is 36.1 Å². The molecule has 0 atom stereocenters. The molecule has 1 fully saturated rings. The number of H-pyrrole nitrogens is 1. The Morgan fingerprint density at radius 1 is 1.40 bits per heavy atom. The van der Waals surface area contributed by atoms with Gasteiger partial charge in [-0.3, -0.25) is 4.79 Å². The van der Waals surface area contributed by atoms with E-state index in [2.05, 4.69) is 4.98 Å². The molecule has 0 saturated heterocycles. The molecule has 80 valence electrons. The Hall–Kier alpha value is -1.25. The lowest BCUT2D eigenvalue weighted by molar-refractivity contribution is 0.0721. The fourth-order valence-electron chi connectivity index (χ4n) is 3.26. The van der Waals surface area contributed by atoms with E-state index in [9.17, 15) is 4.79 Å². The number of amides is 1. The highest BCUT2D eigenvalue weighted by Gasteiger charge is 2.44. The smallest absolute Gasteiger partial charge is 0.255 e. The van der Waals surface area contributed by atoms with Gasteiger partial charge in [-0.1, -0.05) is 12.8 Å². The summed E-state index contributed by atoms with van der Waals surface area (Å²) in [6, 6.07) is 1.92. The van der Waals surface area contributed by atoms with Gasteiger partial charge < -0.3 is 9.88 Å². The molecule has 0 unspecified atom stereocenters. The second kappa shape index (κ2) is 2.87. The van der Waals surface area contributed by atoms with E-state index in [1.807, 2.05) is 24.2 Å². The summed E-state index contributed by atoms with van der Waals surface area (Å²) < 4.78 is 0. The fourth-order valence-corrected chi connectivity index (χ4v) is 3.26. The molecule has 1 aliphatic carbocycles. The maximum Gasteiger partial charge on any atom is 0.255 e. The summed E-state index contributed by atoms with van der Waals surface area (Å²) in [5.41, 5.74) is 2.33.